The molecule has 7 nitrogen and oxygen atoms in total. The Morgan fingerprint density at radius 1 is 1.21 bits per heavy atom. The van der Waals surface area contributed by atoms with Crippen LogP contribution < -0.4 is 10.6 Å². The summed E-state index contributed by atoms with van der Waals surface area (Å²) in [7, 11) is 0. The van der Waals surface area contributed by atoms with E-state index in [4.69, 9.17) is 0 Å². The molecule has 0 spiro atoms. The van der Waals surface area contributed by atoms with E-state index in [1.165, 1.54) is 36.1 Å². The van der Waals surface area contributed by atoms with Gasteiger partial charge in [0.05, 0.1) is 24.9 Å². The van der Waals surface area contributed by atoms with E-state index >= 15 is 0 Å². The molecular weight excluding hydrogens is 390 g/mol. The van der Waals surface area contributed by atoms with Crippen LogP contribution >= 0.6 is 0 Å². The fraction of sp³-hybridized carbons (Fsp3) is 0.444. The van der Waals surface area contributed by atoms with Crippen molar-refractivity contribution in [3.05, 3.63) is 36.5 Å². The Hall–Kier alpha value is -2.82. The van der Waals surface area contributed by atoms with Crippen molar-refractivity contribution in [1.82, 2.24) is 24.3 Å². The van der Waals surface area contributed by atoms with E-state index < -0.39 is 29.9 Å². The predicted octanol–water partition coefficient (Wildman–Crippen LogP) is 2.07. The number of piperidine rings is 1. The minimum atomic E-state index is -2.78. The first-order valence-corrected chi connectivity index (χ1v) is 9.17. The molecule has 0 aromatic carbocycles. The summed E-state index contributed by atoms with van der Waals surface area (Å²) in [6.45, 7) is 1.90. The van der Waals surface area contributed by atoms with Crippen LogP contribution in [0.25, 0.3) is 17.2 Å². The van der Waals surface area contributed by atoms with Gasteiger partial charge in [0.25, 0.3) is 12.3 Å². The summed E-state index contributed by atoms with van der Waals surface area (Å²) < 4.78 is 56.2. The Kier molecular flexibility index (Phi) is 4.85. The Labute approximate surface area is 163 Å². The lowest BCUT2D eigenvalue weighted by atomic mass is 9.86. The number of aromatic nitrogens is 5. The number of hydrogen-bond donors (Lipinski definition) is 1. The Balaban J connectivity index is 1.70. The molecule has 154 valence electrons. The smallest absolute Gasteiger partial charge is 0.281 e. The van der Waals surface area contributed by atoms with Crippen LogP contribution in [0.3, 0.4) is 0 Å². The largest absolute Gasteiger partial charge is 0.357 e. The Morgan fingerprint density at radius 2 is 2.00 bits per heavy atom. The van der Waals surface area contributed by atoms with Gasteiger partial charge in [0.15, 0.2) is 11.5 Å². The first kappa shape index (κ1) is 19.5. The first-order valence-electron chi connectivity index (χ1n) is 9.17. The topological polar surface area (TPSA) is 86.9 Å². The molecule has 1 saturated heterocycles. The van der Waals surface area contributed by atoms with Crippen molar-refractivity contribution >= 4 is 11.5 Å². The van der Waals surface area contributed by atoms with Gasteiger partial charge in [-0.15, -0.1) is 0 Å². The zero-order valence-corrected chi connectivity index (χ0v) is 15.6. The molecule has 0 amide bonds. The van der Waals surface area contributed by atoms with Crippen LogP contribution in [0.4, 0.5) is 23.4 Å². The second-order valence-electron chi connectivity index (χ2n) is 7.19. The highest BCUT2D eigenvalue weighted by Gasteiger charge is 2.50. The molecule has 0 unspecified atom stereocenters. The number of rotatable bonds is 4. The van der Waals surface area contributed by atoms with Crippen LogP contribution in [0.2, 0.25) is 0 Å². The number of alkyl halides is 4. The molecule has 2 atom stereocenters. The molecule has 3 N–H and O–H groups in total. The maximum atomic E-state index is 14.4. The molecular formula is C18H20F4N7+. The monoisotopic (exact) mass is 410 g/mol. The van der Waals surface area contributed by atoms with Gasteiger partial charge in [-0.1, -0.05) is 6.92 Å². The average Bonchev–Trinajstić information content (AvgIpc) is 3.13. The predicted molar refractivity (Wildman–Crippen MR) is 96.5 cm³/mol. The lowest BCUT2D eigenvalue weighted by Crippen LogP contribution is -2.64. The summed E-state index contributed by atoms with van der Waals surface area (Å²) in [6.07, 6.45) is 2.71. The Morgan fingerprint density at radius 3 is 2.72 bits per heavy atom. The van der Waals surface area contributed by atoms with Crippen molar-refractivity contribution in [2.45, 2.75) is 19.3 Å². The molecule has 3 aromatic heterocycles. The standard InChI is InChI=1S/C18H19F4N7/c1-10-7-28(8-11(4-23)18(10,21)22)14-2-3-24-17(27-14)13-5-26-15-6-25-12(16(19)20)9-29(13)15/h2-3,5-6,9-11,16H,4,7-8,23H2,1H3/p+1/t10-,11+/m0/s1. The van der Waals surface area contributed by atoms with Gasteiger partial charge in [-0.3, -0.25) is 4.40 Å². The van der Waals surface area contributed by atoms with Crippen molar-refractivity contribution in [3.8, 4) is 11.5 Å². The number of halogens is 4. The molecule has 4 heterocycles. The van der Waals surface area contributed by atoms with Crippen molar-refractivity contribution in [2.75, 3.05) is 24.5 Å². The van der Waals surface area contributed by atoms with E-state index in [0.29, 0.717) is 17.2 Å². The summed E-state index contributed by atoms with van der Waals surface area (Å²) in [5, 5.41) is 0. The molecule has 0 saturated carbocycles. The summed E-state index contributed by atoms with van der Waals surface area (Å²) >= 11 is 0. The molecule has 1 fully saturated rings. The highest BCUT2D eigenvalue weighted by atomic mass is 19.3. The third-order valence-corrected chi connectivity index (χ3v) is 5.32. The minimum absolute atomic E-state index is 0.114. The molecule has 0 bridgehead atoms. The summed E-state index contributed by atoms with van der Waals surface area (Å²) in [4.78, 5) is 18.3. The van der Waals surface area contributed by atoms with Crippen molar-refractivity contribution in [3.63, 3.8) is 0 Å². The molecule has 0 radical (unpaired) electrons. The van der Waals surface area contributed by atoms with Gasteiger partial charge in [0.1, 0.15) is 17.2 Å². The third-order valence-electron chi connectivity index (χ3n) is 5.32. The zero-order valence-electron chi connectivity index (χ0n) is 15.6. The molecule has 1 aliphatic rings. The van der Waals surface area contributed by atoms with Crippen LogP contribution in [0, 0.1) is 11.8 Å². The molecule has 4 rings (SSSR count). The fourth-order valence-electron chi connectivity index (χ4n) is 3.62. The maximum absolute atomic E-state index is 14.4. The molecule has 29 heavy (non-hydrogen) atoms. The minimum Gasteiger partial charge on any atom is -0.357 e. The van der Waals surface area contributed by atoms with E-state index in [1.807, 2.05) is 0 Å². The van der Waals surface area contributed by atoms with Crippen LogP contribution in [-0.2, 0) is 0 Å². The van der Waals surface area contributed by atoms with Crippen LogP contribution in [0.1, 0.15) is 19.0 Å². The van der Waals surface area contributed by atoms with Gasteiger partial charge in [-0.25, -0.2) is 37.5 Å². The Bertz CT molecular complexity index is 1020. The van der Waals surface area contributed by atoms with E-state index in [0.717, 1.165) is 0 Å². The lowest BCUT2D eigenvalue weighted by molar-refractivity contribution is -0.392. The van der Waals surface area contributed by atoms with E-state index in [2.05, 4.69) is 25.7 Å². The summed E-state index contributed by atoms with van der Waals surface area (Å²) in [6, 6.07) is 1.65. The number of imidazole rings is 1. The first-order chi connectivity index (χ1) is 13.8. The van der Waals surface area contributed by atoms with Gasteiger partial charge < -0.3 is 10.6 Å². The number of quaternary nitrogens is 1. The van der Waals surface area contributed by atoms with E-state index in [9.17, 15) is 17.6 Å². The lowest BCUT2D eigenvalue weighted by Gasteiger charge is -2.41. The molecule has 11 heteroatoms. The SMILES string of the molecule is C[C@H]1CN(c2ccnc(-c3cnc4cnc(C(F)F)cn34)n2)C[C@@H](C[NH3+])C1(F)F. The van der Waals surface area contributed by atoms with Crippen molar-refractivity contribution in [1.29, 1.82) is 0 Å². The average molecular weight is 410 g/mol. The summed E-state index contributed by atoms with van der Waals surface area (Å²) in [5.41, 5.74) is 4.06. The van der Waals surface area contributed by atoms with Crippen molar-refractivity contribution in [2.24, 2.45) is 11.8 Å². The fourth-order valence-corrected chi connectivity index (χ4v) is 3.62. The van der Waals surface area contributed by atoms with Crippen LogP contribution in [0.5, 0.6) is 0 Å². The van der Waals surface area contributed by atoms with Gasteiger partial charge in [-0.2, -0.15) is 0 Å². The third kappa shape index (κ3) is 3.39. The quantitative estimate of drug-likeness (QED) is 0.666. The van der Waals surface area contributed by atoms with Gasteiger partial charge in [-0.05, 0) is 6.07 Å². The number of hydrogen-bond acceptors (Lipinski definition) is 5. The highest BCUT2D eigenvalue weighted by molar-refractivity contribution is 5.58. The van der Waals surface area contributed by atoms with Gasteiger partial charge in [0.2, 0.25) is 0 Å². The normalized spacial score (nSPS) is 21.8. The van der Waals surface area contributed by atoms with Crippen LogP contribution in [-0.4, -0.2) is 49.9 Å². The second kappa shape index (κ2) is 7.21. The number of fused-ring (bicyclic) bond motifs is 1. The van der Waals surface area contributed by atoms with Gasteiger partial charge in [0, 0.05) is 31.4 Å². The summed E-state index contributed by atoms with van der Waals surface area (Å²) in [5.74, 6) is -3.75. The highest BCUT2D eigenvalue weighted by Crippen LogP contribution is 2.38. The maximum Gasteiger partial charge on any atom is 0.281 e. The van der Waals surface area contributed by atoms with Gasteiger partial charge >= 0.3 is 0 Å². The van der Waals surface area contributed by atoms with Crippen molar-refractivity contribution < 1.29 is 23.3 Å². The molecule has 3 aromatic rings. The van der Waals surface area contributed by atoms with Crippen LogP contribution in [0.15, 0.2) is 30.9 Å². The molecule has 1 aliphatic heterocycles. The zero-order chi connectivity index (χ0) is 20.8. The second-order valence-corrected chi connectivity index (χ2v) is 7.19. The number of nitrogens with zero attached hydrogens (tertiary/aromatic N) is 6. The number of anilines is 1. The van der Waals surface area contributed by atoms with E-state index in [1.54, 1.807) is 11.0 Å². The molecule has 0 aliphatic carbocycles. The van der Waals surface area contributed by atoms with E-state index in [-0.39, 0.29) is 25.5 Å².